The topological polar surface area (TPSA) is 64.3 Å². The maximum atomic E-state index is 12.1. The first-order valence-electron chi connectivity index (χ1n) is 6.17. The molecule has 0 spiro atoms. The van der Waals surface area contributed by atoms with E-state index in [2.05, 4.69) is 5.32 Å². The number of halogens is 2. The maximum Gasteiger partial charge on any atom is 0.251 e. The van der Waals surface area contributed by atoms with Gasteiger partial charge in [0.1, 0.15) is 5.75 Å². The Hall–Kier alpha value is -1.91. The molecule has 2 rings (SSSR count). The van der Waals surface area contributed by atoms with Crippen LogP contribution in [0.4, 0.5) is 5.69 Å². The van der Waals surface area contributed by atoms with E-state index in [9.17, 15) is 4.79 Å². The summed E-state index contributed by atoms with van der Waals surface area (Å²) in [6.07, 6.45) is 0. The number of benzene rings is 2. The van der Waals surface area contributed by atoms with Crippen molar-refractivity contribution in [3.8, 4) is 5.75 Å². The molecule has 0 aliphatic heterocycles. The van der Waals surface area contributed by atoms with Crippen LogP contribution >= 0.6 is 23.2 Å². The molecular weight excluding hydrogens is 311 g/mol. The molecule has 0 saturated carbocycles. The largest absolute Gasteiger partial charge is 0.497 e. The van der Waals surface area contributed by atoms with E-state index in [1.807, 2.05) is 24.3 Å². The second-order valence-electron chi connectivity index (χ2n) is 4.39. The summed E-state index contributed by atoms with van der Waals surface area (Å²) in [5.41, 5.74) is 7.29. The molecule has 21 heavy (non-hydrogen) atoms. The van der Waals surface area contributed by atoms with Crippen molar-refractivity contribution in [3.63, 3.8) is 0 Å². The molecule has 6 heteroatoms. The van der Waals surface area contributed by atoms with E-state index in [4.69, 9.17) is 33.7 Å². The highest BCUT2D eigenvalue weighted by Crippen LogP contribution is 2.29. The highest BCUT2D eigenvalue weighted by atomic mass is 35.5. The summed E-state index contributed by atoms with van der Waals surface area (Å²) >= 11 is 11.8. The van der Waals surface area contributed by atoms with Crippen LogP contribution < -0.4 is 15.8 Å². The summed E-state index contributed by atoms with van der Waals surface area (Å²) < 4.78 is 5.07. The summed E-state index contributed by atoms with van der Waals surface area (Å²) in [6.45, 7) is 0.392. The zero-order chi connectivity index (χ0) is 15.4. The minimum Gasteiger partial charge on any atom is -0.497 e. The van der Waals surface area contributed by atoms with Crippen molar-refractivity contribution in [2.75, 3.05) is 12.8 Å². The molecule has 1 amide bonds. The van der Waals surface area contributed by atoms with Crippen molar-refractivity contribution in [2.45, 2.75) is 6.54 Å². The number of anilines is 1. The van der Waals surface area contributed by atoms with Gasteiger partial charge in [-0.25, -0.2) is 0 Å². The third kappa shape index (κ3) is 3.80. The number of methoxy groups -OCH3 is 1. The van der Waals surface area contributed by atoms with Gasteiger partial charge in [0.05, 0.1) is 22.8 Å². The van der Waals surface area contributed by atoms with E-state index in [0.29, 0.717) is 12.1 Å². The number of amides is 1. The Labute approximate surface area is 132 Å². The molecule has 4 nitrogen and oxygen atoms in total. The molecule has 110 valence electrons. The smallest absolute Gasteiger partial charge is 0.251 e. The number of hydrogen-bond acceptors (Lipinski definition) is 3. The zero-order valence-corrected chi connectivity index (χ0v) is 12.8. The van der Waals surface area contributed by atoms with Crippen molar-refractivity contribution in [3.05, 3.63) is 57.6 Å². The summed E-state index contributed by atoms with van der Waals surface area (Å²) in [4.78, 5) is 12.1. The van der Waals surface area contributed by atoms with Gasteiger partial charge in [0.2, 0.25) is 0 Å². The number of hydrogen-bond donors (Lipinski definition) is 2. The number of carbonyl (C=O) groups excluding carboxylic acids is 1. The summed E-state index contributed by atoms with van der Waals surface area (Å²) in [5.74, 6) is 0.499. The molecule has 2 aromatic carbocycles. The summed E-state index contributed by atoms with van der Waals surface area (Å²) in [7, 11) is 1.60. The lowest BCUT2D eigenvalue weighted by Gasteiger charge is -2.08. The van der Waals surface area contributed by atoms with Gasteiger partial charge in [0.25, 0.3) is 5.91 Å². The predicted molar refractivity (Wildman–Crippen MR) is 85.0 cm³/mol. The lowest BCUT2D eigenvalue weighted by atomic mass is 10.1. The van der Waals surface area contributed by atoms with Gasteiger partial charge < -0.3 is 15.8 Å². The van der Waals surface area contributed by atoms with Gasteiger partial charge in [-0.2, -0.15) is 0 Å². The molecule has 2 aromatic rings. The molecule has 0 heterocycles. The van der Waals surface area contributed by atoms with Crippen LogP contribution in [0.25, 0.3) is 0 Å². The number of ether oxygens (including phenoxy) is 1. The van der Waals surface area contributed by atoms with Gasteiger partial charge in [-0.15, -0.1) is 0 Å². The Bertz CT molecular complexity index is 634. The Kier molecular flexibility index (Phi) is 4.94. The Morgan fingerprint density at radius 3 is 2.48 bits per heavy atom. The standard InChI is InChI=1S/C15H14Cl2N2O2/c1-21-11-4-2-9(3-5-11)8-19-15(20)10-6-12(16)14(17)13(18)7-10/h2-7H,8,18H2,1H3,(H,19,20). The monoisotopic (exact) mass is 324 g/mol. The van der Waals surface area contributed by atoms with Crippen LogP contribution in [-0.2, 0) is 6.54 Å². The first-order chi connectivity index (χ1) is 10.0. The van der Waals surface area contributed by atoms with Crippen LogP contribution in [0.15, 0.2) is 36.4 Å². The number of nitrogens with two attached hydrogens (primary N) is 1. The van der Waals surface area contributed by atoms with Crippen molar-refractivity contribution in [1.29, 1.82) is 0 Å². The van der Waals surface area contributed by atoms with Gasteiger partial charge in [-0.05, 0) is 29.8 Å². The second-order valence-corrected chi connectivity index (χ2v) is 5.18. The normalized spacial score (nSPS) is 10.2. The van der Waals surface area contributed by atoms with E-state index in [1.165, 1.54) is 12.1 Å². The fourth-order valence-corrected chi connectivity index (χ4v) is 2.10. The van der Waals surface area contributed by atoms with Gasteiger partial charge in [0, 0.05) is 12.1 Å². The molecule has 0 atom stereocenters. The third-order valence-corrected chi connectivity index (χ3v) is 3.75. The quantitative estimate of drug-likeness (QED) is 0.846. The molecule has 0 aliphatic rings. The molecular formula is C15H14Cl2N2O2. The van der Waals surface area contributed by atoms with Crippen molar-refractivity contribution in [2.24, 2.45) is 0 Å². The molecule has 3 N–H and O–H groups in total. The maximum absolute atomic E-state index is 12.1. The number of rotatable bonds is 4. The Morgan fingerprint density at radius 1 is 1.24 bits per heavy atom. The Balaban J connectivity index is 2.04. The fraction of sp³-hybridized carbons (Fsp3) is 0.133. The van der Waals surface area contributed by atoms with E-state index >= 15 is 0 Å². The highest BCUT2D eigenvalue weighted by Gasteiger charge is 2.11. The average Bonchev–Trinajstić information content (AvgIpc) is 2.50. The van der Waals surface area contributed by atoms with Crippen LogP contribution in [0.2, 0.25) is 10.0 Å². The van der Waals surface area contributed by atoms with Crippen LogP contribution in [-0.4, -0.2) is 13.0 Å². The zero-order valence-electron chi connectivity index (χ0n) is 11.3. The van der Waals surface area contributed by atoms with Gasteiger partial charge in [0.15, 0.2) is 0 Å². The van der Waals surface area contributed by atoms with Crippen LogP contribution in [0.3, 0.4) is 0 Å². The van der Waals surface area contributed by atoms with Crippen LogP contribution in [0.5, 0.6) is 5.75 Å². The summed E-state index contributed by atoms with van der Waals surface area (Å²) in [5, 5.41) is 3.30. The lowest BCUT2D eigenvalue weighted by Crippen LogP contribution is -2.22. The van der Waals surface area contributed by atoms with Crippen molar-refractivity contribution >= 4 is 34.8 Å². The van der Waals surface area contributed by atoms with E-state index in [-0.39, 0.29) is 21.6 Å². The van der Waals surface area contributed by atoms with E-state index in [1.54, 1.807) is 7.11 Å². The molecule has 0 aromatic heterocycles. The number of carbonyl (C=O) groups is 1. The van der Waals surface area contributed by atoms with Gasteiger partial charge >= 0.3 is 0 Å². The number of nitrogens with one attached hydrogen (secondary N) is 1. The average molecular weight is 325 g/mol. The summed E-state index contributed by atoms with van der Waals surface area (Å²) in [6, 6.07) is 10.4. The second kappa shape index (κ2) is 6.70. The molecule has 0 aliphatic carbocycles. The van der Waals surface area contributed by atoms with Crippen molar-refractivity contribution < 1.29 is 9.53 Å². The first-order valence-corrected chi connectivity index (χ1v) is 6.92. The Morgan fingerprint density at radius 2 is 1.90 bits per heavy atom. The van der Waals surface area contributed by atoms with Crippen LogP contribution in [0, 0.1) is 0 Å². The van der Waals surface area contributed by atoms with Gasteiger partial charge in [-0.1, -0.05) is 35.3 Å². The lowest BCUT2D eigenvalue weighted by molar-refractivity contribution is 0.0951. The van der Waals surface area contributed by atoms with Gasteiger partial charge in [-0.3, -0.25) is 4.79 Å². The molecule has 0 radical (unpaired) electrons. The SMILES string of the molecule is COc1ccc(CNC(=O)c2cc(N)c(Cl)c(Cl)c2)cc1. The number of nitrogen functional groups attached to an aromatic ring is 1. The molecule has 0 unspecified atom stereocenters. The van der Waals surface area contributed by atoms with E-state index in [0.717, 1.165) is 11.3 Å². The minimum atomic E-state index is -0.268. The highest BCUT2D eigenvalue weighted by molar-refractivity contribution is 6.43. The van der Waals surface area contributed by atoms with E-state index < -0.39 is 0 Å². The minimum absolute atomic E-state index is 0.253. The molecule has 0 fully saturated rings. The predicted octanol–water partition coefficient (Wildman–Crippen LogP) is 3.51. The first kappa shape index (κ1) is 15.5. The molecule has 0 saturated heterocycles. The van der Waals surface area contributed by atoms with Crippen LogP contribution in [0.1, 0.15) is 15.9 Å². The van der Waals surface area contributed by atoms with Crippen molar-refractivity contribution in [1.82, 2.24) is 5.32 Å². The molecule has 0 bridgehead atoms. The third-order valence-electron chi connectivity index (χ3n) is 2.93. The fourth-order valence-electron chi connectivity index (χ4n) is 1.77.